The van der Waals surface area contributed by atoms with Gasteiger partial charge in [0, 0.05) is 25.0 Å². The average molecular weight is 577 g/mol. The molecule has 0 unspecified atom stereocenters. The molecule has 220 valence electrons. The van der Waals surface area contributed by atoms with Gasteiger partial charge < -0.3 is 14.4 Å². The van der Waals surface area contributed by atoms with Gasteiger partial charge in [0.2, 0.25) is 5.91 Å². The van der Waals surface area contributed by atoms with Crippen molar-refractivity contribution in [2.24, 2.45) is 0 Å². The molecule has 40 heavy (non-hydrogen) atoms. The molecule has 0 spiro atoms. The van der Waals surface area contributed by atoms with Crippen LogP contribution in [-0.2, 0) is 26.6 Å². The first-order chi connectivity index (χ1) is 18.7. The van der Waals surface area contributed by atoms with Gasteiger partial charge in [0.05, 0.1) is 43.1 Å². The number of benzene rings is 2. The molecule has 1 aliphatic heterocycles. The maximum absolute atomic E-state index is 13.7. The van der Waals surface area contributed by atoms with Crippen LogP contribution in [0.15, 0.2) is 42.5 Å². The second kappa shape index (κ2) is 12.0. The smallest absolute Gasteiger partial charge is 0.378 e. The van der Waals surface area contributed by atoms with Gasteiger partial charge in [-0.15, -0.1) is 0 Å². The Morgan fingerprint density at radius 1 is 1.00 bits per heavy atom. The average Bonchev–Trinajstić information content (AvgIpc) is 3.31. The lowest BCUT2D eigenvalue weighted by atomic mass is 9.91. The summed E-state index contributed by atoms with van der Waals surface area (Å²) in [5, 5.41) is 0. The van der Waals surface area contributed by atoms with E-state index in [-0.39, 0.29) is 30.1 Å². The van der Waals surface area contributed by atoms with E-state index in [4.69, 9.17) is 9.47 Å². The zero-order chi connectivity index (χ0) is 29.2. The van der Waals surface area contributed by atoms with Crippen LogP contribution < -0.4 is 0 Å². The number of carbonyl (C=O) groups is 1. The third-order valence-electron chi connectivity index (χ3n) is 7.59. The molecular weight excluding hydrogens is 545 g/mol. The molecule has 4 rings (SSSR count). The molecule has 0 radical (unpaired) electrons. The van der Waals surface area contributed by atoms with Crippen molar-refractivity contribution < 1.29 is 45.0 Å². The fraction of sp³-hybridized carbons (Fsp3) is 0.536. The zero-order valence-electron chi connectivity index (χ0n) is 22.1. The molecular formula is C28H31F7N2O3. The molecule has 1 aliphatic carbocycles. The number of amides is 1. The van der Waals surface area contributed by atoms with Gasteiger partial charge in [0.25, 0.3) is 0 Å². The van der Waals surface area contributed by atoms with E-state index in [0.29, 0.717) is 56.8 Å². The Labute approximate surface area is 227 Å². The summed E-state index contributed by atoms with van der Waals surface area (Å²) >= 11 is 0. The molecule has 0 aromatic heterocycles. The van der Waals surface area contributed by atoms with Crippen molar-refractivity contribution in [2.45, 2.75) is 56.3 Å². The number of ether oxygens (including phenoxy) is 2. The van der Waals surface area contributed by atoms with Gasteiger partial charge in [-0.05, 0) is 68.3 Å². The number of halogens is 7. The highest BCUT2D eigenvalue weighted by Crippen LogP contribution is 2.43. The van der Waals surface area contributed by atoms with Gasteiger partial charge in [0.15, 0.2) is 0 Å². The standard InChI is InChI=1S/C28H31F7N2O3/c1-17(19-13-20(27(30,31)32)15-21(14-19)28(33,34)35)40-24-8-7-23(26(24)18-3-5-22(29)6-4-18)36(2)16-25(38)37-9-11-39-12-10-37/h3-6,13-15,17,23-24,26H,7-12,16H2,1-2H3/t17-,23-,24+,26-/m1/s1. The van der Waals surface area contributed by atoms with E-state index in [1.165, 1.54) is 19.1 Å². The zero-order valence-corrected chi connectivity index (χ0v) is 22.1. The third-order valence-corrected chi connectivity index (χ3v) is 7.59. The topological polar surface area (TPSA) is 42.0 Å². The molecule has 4 atom stereocenters. The minimum Gasteiger partial charge on any atom is -0.378 e. The molecule has 1 saturated carbocycles. The number of morpholine rings is 1. The van der Waals surface area contributed by atoms with Crippen molar-refractivity contribution in [2.75, 3.05) is 39.9 Å². The van der Waals surface area contributed by atoms with Crippen molar-refractivity contribution in [3.05, 3.63) is 70.5 Å². The molecule has 0 bridgehead atoms. The molecule has 1 heterocycles. The lowest BCUT2D eigenvalue weighted by Gasteiger charge is -2.35. The van der Waals surface area contributed by atoms with E-state index in [1.807, 2.05) is 4.90 Å². The maximum Gasteiger partial charge on any atom is 0.416 e. The van der Waals surface area contributed by atoms with Crippen molar-refractivity contribution in [1.82, 2.24) is 9.80 Å². The second-order valence-electron chi connectivity index (χ2n) is 10.3. The molecule has 2 aliphatic rings. The summed E-state index contributed by atoms with van der Waals surface area (Å²) in [5.74, 6) is -0.938. The van der Waals surface area contributed by atoms with Crippen LogP contribution in [0.5, 0.6) is 0 Å². The normalized spacial score (nSPS) is 23.1. The lowest BCUT2D eigenvalue weighted by molar-refractivity contribution is -0.143. The van der Waals surface area contributed by atoms with Crippen LogP contribution in [0.1, 0.15) is 54.0 Å². The van der Waals surface area contributed by atoms with Crippen LogP contribution in [0, 0.1) is 5.82 Å². The Morgan fingerprint density at radius 3 is 2.12 bits per heavy atom. The van der Waals surface area contributed by atoms with E-state index in [9.17, 15) is 35.5 Å². The second-order valence-corrected chi connectivity index (χ2v) is 10.3. The molecule has 2 fully saturated rings. The van der Waals surface area contributed by atoms with Gasteiger partial charge in [-0.3, -0.25) is 9.69 Å². The molecule has 5 nitrogen and oxygen atoms in total. The Hall–Kier alpha value is -2.70. The molecule has 1 saturated heterocycles. The first-order valence-corrected chi connectivity index (χ1v) is 13.0. The minimum absolute atomic E-state index is 0.0787. The minimum atomic E-state index is -4.97. The first kappa shape index (κ1) is 30.3. The van der Waals surface area contributed by atoms with Crippen LogP contribution in [-0.4, -0.2) is 67.7 Å². The molecule has 1 amide bonds. The van der Waals surface area contributed by atoms with Crippen molar-refractivity contribution in [3.63, 3.8) is 0 Å². The van der Waals surface area contributed by atoms with Crippen molar-refractivity contribution in [3.8, 4) is 0 Å². The van der Waals surface area contributed by atoms with Crippen LogP contribution in [0.25, 0.3) is 0 Å². The fourth-order valence-corrected chi connectivity index (χ4v) is 5.51. The first-order valence-electron chi connectivity index (χ1n) is 13.0. The van der Waals surface area contributed by atoms with Crippen LogP contribution in [0.4, 0.5) is 30.7 Å². The van der Waals surface area contributed by atoms with Gasteiger partial charge in [0.1, 0.15) is 5.82 Å². The highest BCUT2D eigenvalue weighted by Gasteiger charge is 2.42. The van der Waals surface area contributed by atoms with Gasteiger partial charge in [-0.1, -0.05) is 12.1 Å². The Balaban J connectivity index is 1.58. The lowest BCUT2D eigenvalue weighted by Crippen LogP contribution is -2.47. The predicted octanol–water partition coefficient (Wildman–Crippen LogP) is 6.05. The van der Waals surface area contributed by atoms with Crippen LogP contribution in [0.2, 0.25) is 0 Å². The van der Waals surface area contributed by atoms with Gasteiger partial charge >= 0.3 is 12.4 Å². The van der Waals surface area contributed by atoms with Gasteiger partial charge in [-0.2, -0.15) is 26.3 Å². The largest absolute Gasteiger partial charge is 0.416 e. The van der Waals surface area contributed by atoms with Gasteiger partial charge in [-0.25, -0.2) is 4.39 Å². The number of hydrogen-bond donors (Lipinski definition) is 0. The number of likely N-dealkylation sites (N-methyl/N-ethyl adjacent to an activating group) is 1. The number of rotatable bonds is 7. The number of alkyl halides is 6. The summed E-state index contributed by atoms with van der Waals surface area (Å²) < 4.78 is 106. The van der Waals surface area contributed by atoms with E-state index in [0.717, 1.165) is 0 Å². The van der Waals surface area contributed by atoms with E-state index < -0.39 is 47.4 Å². The summed E-state index contributed by atoms with van der Waals surface area (Å²) in [6.07, 6.45) is -10.6. The Bertz CT molecular complexity index is 1130. The highest BCUT2D eigenvalue weighted by molar-refractivity contribution is 5.78. The molecule has 12 heteroatoms. The monoisotopic (exact) mass is 576 g/mol. The number of nitrogens with zero attached hydrogens (tertiary/aromatic N) is 2. The quantitative estimate of drug-likeness (QED) is 0.377. The summed E-state index contributed by atoms with van der Waals surface area (Å²) in [5.41, 5.74) is -2.37. The summed E-state index contributed by atoms with van der Waals surface area (Å²) in [7, 11) is 1.79. The third kappa shape index (κ3) is 7.13. The number of hydrogen-bond acceptors (Lipinski definition) is 4. The SMILES string of the molecule is C[C@@H](O[C@H]1CC[C@@H](N(C)CC(=O)N2CCOCC2)[C@H]1c1ccc(F)cc1)c1cc(C(F)(F)F)cc(C(F)(F)F)c1. The van der Waals surface area contributed by atoms with Crippen LogP contribution in [0.3, 0.4) is 0 Å². The fourth-order valence-electron chi connectivity index (χ4n) is 5.51. The molecule has 0 N–H and O–H groups in total. The summed E-state index contributed by atoms with van der Waals surface area (Å²) in [4.78, 5) is 16.5. The maximum atomic E-state index is 13.7. The summed E-state index contributed by atoms with van der Waals surface area (Å²) in [6.45, 7) is 3.40. The van der Waals surface area contributed by atoms with E-state index in [2.05, 4.69) is 0 Å². The van der Waals surface area contributed by atoms with Crippen LogP contribution >= 0.6 is 0 Å². The number of carbonyl (C=O) groups excluding carboxylic acids is 1. The highest BCUT2D eigenvalue weighted by atomic mass is 19.4. The van der Waals surface area contributed by atoms with E-state index >= 15 is 0 Å². The Morgan fingerprint density at radius 2 is 1.57 bits per heavy atom. The Kier molecular flexibility index (Phi) is 9.11. The molecule has 2 aromatic rings. The van der Waals surface area contributed by atoms with E-state index in [1.54, 1.807) is 24.1 Å². The summed E-state index contributed by atoms with van der Waals surface area (Å²) in [6, 6.07) is 6.94. The van der Waals surface area contributed by atoms with Crippen molar-refractivity contribution in [1.29, 1.82) is 0 Å². The molecule has 2 aromatic carbocycles. The van der Waals surface area contributed by atoms with Crippen molar-refractivity contribution >= 4 is 5.91 Å². The predicted molar refractivity (Wildman–Crippen MR) is 132 cm³/mol.